The second-order valence-corrected chi connectivity index (χ2v) is 12.5. The number of hydrogen-bond acceptors (Lipinski definition) is 7. The van der Waals surface area contributed by atoms with E-state index in [2.05, 4.69) is 6.07 Å². The molecule has 220 valence electrons. The molecule has 43 heavy (non-hydrogen) atoms. The molecule has 0 saturated heterocycles. The number of carbonyl (C=O) groups is 1. The zero-order valence-electron chi connectivity index (χ0n) is 24.8. The smallest absolute Gasteiger partial charge is 0.289 e. The van der Waals surface area contributed by atoms with Crippen LogP contribution in [0.4, 0.5) is 11.4 Å². The average molecular weight is 597 g/mol. The van der Waals surface area contributed by atoms with Crippen LogP contribution in [0.1, 0.15) is 60.4 Å². The van der Waals surface area contributed by atoms with Gasteiger partial charge in [0, 0.05) is 23.8 Å². The summed E-state index contributed by atoms with van der Waals surface area (Å²) in [6.45, 7) is 10.3. The molecule has 2 aliphatic rings. The number of hydrogen-bond donors (Lipinski definition) is 1. The van der Waals surface area contributed by atoms with Crippen molar-refractivity contribution in [2.24, 2.45) is 11.1 Å². The van der Waals surface area contributed by atoms with Crippen LogP contribution in [0.3, 0.4) is 0 Å². The number of allylic oxidation sites excluding steroid dienone is 3. The zero-order chi connectivity index (χ0) is 31.2. The zero-order valence-corrected chi connectivity index (χ0v) is 25.6. The minimum Gasteiger partial charge on any atom is -0.489 e. The first-order chi connectivity index (χ1) is 20.3. The number of ether oxygens (including phenoxy) is 1. The van der Waals surface area contributed by atoms with Gasteiger partial charge in [-0.2, -0.15) is 5.26 Å². The first-order valence-corrected chi connectivity index (χ1v) is 14.4. The van der Waals surface area contributed by atoms with Crippen LogP contribution in [0.2, 0.25) is 5.02 Å². The second-order valence-electron chi connectivity index (χ2n) is 12.1. The van der Waals surface area contributed by atoms with Gasteiger partial charge in [-0.25, -0.2) is 0 Å². The highest BCUT2D eigenvalue weighted by Gasteiger charge is 2.45. The molecule has 0 fully saturated rings. The van der Waals surface area contributed by atoms with E-state index in [1.807, 2.05) is 71.0 Å². The van der Waals surface area contributed by atoms with E-state index in [1.165, 1.54) is 12.1 Å². The molecule has 8 nitrogen and oxygen atoms in total. The summed E-state index contributed by atoms with van der Waals surface area (Å²) in [6, 6.07) is 18.5. The summed E-state index contributed by atoms with van der Waals surface area (Å²) in [6.07, 6.45) is 0.776. The van der Waals surface area contributed by atoms with Crippen molar-refractivity contribution in [1.29, 1.82) is 5.26 Å². The molecule has 2 N–H and O–H groups in total. The van der Waals surface area contributed by atoms with E-state index in [1.54, 1.807) is 11.0 Å². The third-order valence-corrected chi connectivity index (χ3v) is 8.54. The lowest BCUT2D eigenvalue weighted by atomic mass is 9.68. The van der Waals surface area contributed by atoms with Crippen LogP contribution in [0.15, 0.2) is 77.3 Å². The number of aryl methyl sites for hydroxylation is 3. The third-order valence-electron chi connectivity index (χ3n) is 8.22. The van der Waals surface area contributed by atoms with Gasteiger partial charge in [-0.15, -0.1) is 0 Å². The fourth-order valence-corrected chi connectivity index (χ4v) is 6.26. The van der Waals surface area contributed by atoms with Gasteiger partial charge in [-0.3, -0.25) is 19.8 Å². The predicted octanol–water partition coefficient (Wildman–Crippen LogP) is 7.69. The quantitative estimate of drug-likeness (QED) is 0.228. The molecule has 1 aliphatic carbocycles. The number of nitriles is 1. The van der Waals surface area contributed by atoms with Crippen LogP contribution in [0.25, 0.3) is 0 Å². The van der Waals surface area contributed by atoms with Gasteiger partial charge < -0.3 is 10.5 Å². The Labute approximate surface area is 256 Å². The van der Waals surface area contributed by atoms with Crippen molar-refractivity contribution >= 4 is 28.8 Å². The van der Waals surface area contributed by atoms with Crippen LogP contribution < -0.4 is 15.4 Å². The largest absolute Gasteiger partial charge is 0.489 e. The number of nitrogens with zero attached hydrogens (tertiary/aromatic N) is 3. The summed E-state index contributed by atoms with van der Waals surface area (Å²) in [4.78, 5) is 26.8. The van der Waals surface area contributed by atoms with E-state index in [0.29, 0.717) is 36.4 Å². The number of carbonyl (C=O) groups excluding carboxylic acids is 1. The van der Waals surface area contributed by atoms with Crippen molar-refractivity contribution in [3.05, 3.63) is 120 Å². The maximum absolute atomic E-state index is 14.0. The van der Waals surface area contributed by atoms with Gasteiger partial charge in [0.2, 0.25) is 0 Å². The monoisotopic (exact) mass is 596 g/mol. The van der Waals surface area contributed by atoms with Crippen LogP contribution in [-0.2, 0) is 11.4 Å². The molecule has 0 saturated carbocycles. The van der Waals surface area contributed by atoms with Gasteiger partial charge in [-0.05, 0) is 79.1 Å². The van der Waals surface area contributed by atoms with Crippen molar-refractivity contribution in [2.45, 2.75) is 60.0 Å². The Morgan fingerprint density at radius 3 is 2.44 bits per heavy atom. The number of anilines is 1. The van der Waals surface area contributed by atoms with E-state index in [9.17, 15) is 20.2 Å². The molecule has 0 aromatic heterocycles. The van der Waals surface area contributed by atoms with E-state index < -0.39 is 16.3 Å². The molecular weight excluding hydrogens is 564 g/mol. The summed E-state index contributed by atoms with van der Waals surface area (Å²) >= 11 is 6.12. The lowest BCUT2D eigenvalue weighted by molar-refractivity contribution is -0.384. The SMILES string of the molecule is Cc1ccc(OCc2cc(C3C(C#N)=C(N)N(c4ccc(Cl)c([N+](=O)[O-])c4)C4=C3C(=O)CC(C)(C)C4)c(C)cc2C)cc1. The maximum atomic E-state index is 14.0. The Morgan fingerprint density at radius 1 is 1.09 bits per heavy atom. The van der Waals surface area contributed by atoms with Gasteiger partial charge in [0.15, 0.2) is 5.78 Å². The summed E-state index contributed by atoms with van der Waals surface area (Å²) in [5.41, 5.74) is 12.6. The molecule has 9 heteroatoms. The highest BCUT2D eigenvalue weighted by molar-refractivity contribution is 6.32. The van der Waals surface area contributed by atoms with Gasteiger partial charge in [0.1, 0.15) is 23.2 Å². The summed E-state index contributed by atoms with van der Waals surface area (Å²) in [5, 5.41) is 22.2. The highest BCUT2D eigenvalue weighted by atomic mass is 35.5. The van der Waals surface area contributed by atoms with Gasteiger partial charge in [0.05, 0.1) is 28.2 Å². The van der Waals surface area contributed by atoms with Crippen LogP contribution >= 0.6 is 11.6 Å². The van der Waals surface area contributed by atoms with Crippen molar-refractivity contribution < 1.29 is 14.5 Å². The minimum absolute atomic E-state index is 0.0170. The minimum atomic E-state index is -0.694. The van der Waals surface area contributed by atoms with E-state index in [0.717, 1.165) is 33.6 Å². The predicted molar refractivity (Wildman–Crippen MR) is 167 cm³/mol. The Hall–Kier alpha value is -4.61. The first-order valence-electron chi connectivity index (χ1n) is 14.0. The molecular formula is C34H33ClN4O4. The lowest BCUT2D eigenvalue weighted by Gasteiger charge is -2.44. The molecule has 1 aliphatic heterocycles. The number of Topliss-reactive ketones (excluding diaryl/α,β-unsaturated/α-hetero) is 1. The molecule has 3 aromatic carbocycles. The number of nitro benzene ring substituents is 1. The summed E-state index contributed by atoms with van der Waals surface area (Å²) < 4.78 is 6.10. The number of ketones is 1. The van der Waals surface area contributed by atoms with Crippen LogP contribution in [-0.4, -0.2) is 10.7 Å². The highest BCUT2D eigenvalue weighted by Crippen LogP contribution is 2.51. The third kappa shape index (κ3) is 5.61. The van der Waals surface area contributed by atoms with Crippen molar-refractivity contribution in [2.75, 3.05) is 4.90 Å². The Kier molecular flexibility index (Phi) is 7.80. The Morgan fingerprint density at radius 2 is 1.79 bits per heavy atom. The second kappa shape index (κ2) is 11.2. The van der Waals surface area contributed by atoms with Gasteiger partial charge in [0.25, 0.3) is 5.69 Å². The molecule has 5 rings (SSSR count). The maximum Gasteiger partial charge on any atom is 0.289 e. The Balaban J connectivity index is 1.68. The van der Waals surface area contributed by atoms with Crippen LogP contribution in [0.5, 0.6) is 5.75 Å². The number of nitro groups is 1. The van der Waals surface area contributed by atoms with Crippen molar-refractivity contribution in [3.8, 4) is 11.8 Å². The van der Waals surface area contributed by atoms with Crippen LogP contribution in [0, 0.1) is 47.6 Å². The topological polar surface area (TPSA) is 122 Å². The number of rotatable bonds is 6. The van der Waals surface area contributed by atoms with Gasteiger partial charge in [-0.1, -0.05) is 55.3 Å². The number of halogens is 1. The normalized spacial score (nSPS) is 17.9. The molecule has 3 aromatic rings. The van der Waals surface area contributed by atoms with E-state index >= 15 is 0 Å². The number of nitrogens with two attached hydrogens (primary N) is 1. The molecule has 0 bridgehead atoms. The average Bonchev–Trinajstić information content (AvgIpc) is 2.93. The summed E-state index contributed by atoms with van der Waals surface area (Å²) in [5.74, 6) is 0.100. The summed E-state index contributed by atoms with van der Waals surface area (Å²) in [7, 11) is 0. The molecule has 1 atom stereocenters. The Bertz CT molecular complexity index is 1770. The lowest BCUT2D eigenvalue weighted by Crippen LogP contribution is -2.42. The van der Waals surface area contributed by atoms with Crippen molar-refractivity contribution in [3.63, 3.8) is 0 Å². The number of benzene rings is 3. The van der Waals surface area contributed by atoms with E-state index in [-0.39, 0.29) is 27.9 Å². The first kappa shape index (κ1) is 29.9. The molecule has 0 spiro atoms. The van der Waals surface area contributed by atoms with Gasteiger partial charge >= 0.3 is 0 Å². The molecule has 0 radical (unpaired) electrons. The van der Waals surface area contributed by atoms with Crippen molar-refractivity contribution in [1.82, 2.24) is 0 Å². The standard InChI is InChI=1S/C34H33ClN4O4/c1-19-6-9-24(10-7-19)43-18-22-13-25(21(3)12-20(22)2)31-26(17-36)33(37)38(23-8-11-27(35)28(14-23)39(41)42)29-15-34(4,5)16-30(40)32(29)31/h6-14,31H,15-16,18,37H2,1-5H3. The fourth-order valence-electron chi connectivity index (χ4n) is 6.07. The molecule has 0 amide bonds. The molecule has 1 heterocycles. The van der Waals surface area contributed by atoms with E-state index in [4.69, 9.17) is 22.1 Å². The fraction of sp³-hybridized carbons (Fsp3) is 0.294. The molecule has 1 unspecified atom stereocenters.